The minimum atomic E-state index is -3.49. The Morgan fingerprint density at radius 1 is 1.33 bits per heavy atom. The van der Waals surface area contributed by atoms with Crippen molar-refractivity contribution in [3.63, 3.8) is 0 Å². The molecule has 0 fully saturated rings. The maximum Gasteiger partial charge on any atom is 0.380 e. The summed E-state index contributed by atoms with van der Waals surface area (Å²) in [5.41, 5.74) is 0. The Morgan fingerprint density at radius 2 is 1.87 bits per heavy atom. The summed E-state index contributed by atoms with van der Waals surface area (Å²) in [6, 6.07) is 0. The van der Waals surface area contributed by atoms with Gasteiger partial charge in [0.05, 0.1) is 18.6 Å². The highest BCUT2D eigenvalue weighted by atomic mass is 35.9. The first-order valence-electron chi connectivity index (χ1n) is 4.56. The van der Waals surface area contributed by atoms with Crippen molar-refractivity contribution in [3.8, 4) is 0 Å². The van der Waals surface area contributed by atoms with E-state index in [1.807, 2.05) is 0 Å². The maximum atomic E-state index is 11.3. The standard InChI is InChI=1S/C8H15Cl2O4P/c1-6(2)14-8(11)7(3)4-5-13-15(9,10)12/h6-7H,4-5H2,1-3H3/t7-/m0/s1. The van der Waals surface area contributed by atoms with Gasteiger partial charge in [0, 0.05) is 0 Å². The van der Waals surface area contributed by atoms with Gasteiger partial charge in [-0.25, -0.2) is 0 Å². The molecule has 7 heteroatoms. The molecule has 0 unspecified atom stereocenters. The monoisotopic (exact) mass is 276 g/mol. The first-order chi connectivity index (χ1) is 6.72. The Labute approximate surface area is 99.2 Å². The van der Waals surface area contributed by atoms with Crippen molar-refractivity contribution in [1.82, 2.24) is 0 Å². The van der Waals surface area contributed by atoms with E-state index >= 15 is 0 Å². The second kappa shape index (κ2) is 6.74. The number of carbonyl (C=O) groups is 1. The van der Waals surface area contributed by atoms with Crippen molar-refractivity contribution in [1.29, 1.82) is 0 Å². The lowest BCUT2D eigenvalue weighted by atomic mass is 10.1. The molecule has 0 radical (unpaired) electrons. The van der Waals surface area contributed by atoms with Gasteiger partial charge in [-0.3, -0.25) is 9.36 Å². The number of hydrogen-bond acceptors (Lipinski definition) is 4. The van der Waals surface area contributed by atoms with Crippen LogP contribution in [0.25, 0.3) is 0 Å². The fourth-order valence-electron chi connectivity index (χ4n) is 0.802. The minimum Gasteiger partial charge on any atom is -0.463 e. The van der Waals surface area contributed by atoms with Gasteiger partial charge < -0.3 is 9.26 Å². The van der Waals surface area contributed by atoms with Gasteiger partial charge in [0.25, 0.3) is 0 Å². The van der Waals surface area contributed by atoms with Crippen LogP contribution in [-0.4, -0.2) is 18.7 Å². The molecule has 1 atom stereocenters. The van der Waals surface area contributed by atoms with Gasteiger partial charge in [-0.05, 0) is 42.7 Å². The van der Waals surface area contributed by atoms with Crippen molar-refractivity contribution >= 4 is 34.5 Å². The highest BCUT2D eigenvalue weighted by molar-refractivity contribution is 8.05. The number of hydrogen-bond donors (Lipinski definition) is 0. The molecular formula is C8H15Cl2O4P. The molecule has 0 heterocycles. The molecule has 0 aromatic carbocycles. The van der Waals surface area contributed by atoms with E-state index in [4.69, 9.17) is 27.2 Å². The molecule has 0 rings (SSSR count). The highest BCUT2D eigenvalue weighted by Gasteiger charge is 2.19. The van der Waals surface area contributed by atoms with Crippen LogP contribution < -0.4 is 0 Å². The van der Waals surface area contributed by atoms with E-state index in [0.29, 0.717) is 6.42 Å². The molecule has 0 aliphatic rings. The average Bonchev–Trinajstić information content (AvgIpc) is 2.00. The second-order valence-corrected chi connectivity index (χ2v) is 7.70. The molecule has 0 amide bonds. The zero-order chi connectivity index (χ0) is 12.1. The van der Waals surface area contributed by atoms with Crippen LogP contribution in [0.3, 0.4) is 0 Å². The van der Waals surface area contributed by atoms with Crippen molar-refractivity contribution in [2.75, 3.05) is 6.61 Å². The van der Waals surface area contributed by atoms with Gasteiger partial charge in [-0.2, -0.15) is 0 Å². The summed E-state index contributed by atoms with van der Waals surface area (Å²) in [6.07, 6.45) is -3.26. The summed E-state index contributed by atoms with van der Waals surface area (Å²) in [5, 5.41) is 0. The second-order valence-electron chi connectivity index (χ2n) is 3.42. The van der Waals surface area contributed by atoms with Gasteiger partial charge in [0.2, 0.25) is 0 Å². The summed E-state index contributed by atoms with van der Waals surface area (Å²) < 4.78 is 20.3. The molecule has 15 heavy (non-hydrogen) atoms. The number of carbonyl (C=O) groups excluding carboxylic acids is 1. The largest absolute Gasteiger partial charge is 0.463 e. The van der Waals surface area contributed by atoms with E-state index in [0.717, 1.165) is 0 Å². The molecule has 0 saturated carbocycles. The maximum absolute atomic E-state index is 11.3. The van der Waals surface area contributed by atoms with Crippen molar-refractivity contribution in [2.24, 2.45) is 5.92 Å². The lowest BCUT2D eigenvalue weighted by Crippen LogP contribution is -2.19. The van der Waals surface area contributed by atoms with Crippen LogP contribution in [0.15, 0.2) is 0 Å². The molecular weight excluding hydrogens is 262 g/mol. The quantitative estimate of drug-likeness (QED) is 0.550. The fourth-order valence-corrected chi connectivity index (χ4v) is 1.53. The molecule has 0 aromatic rings. The van der Waals surface area contributed by atoms with E-state index in [2.05, 4.69) is 4.52 Å². The molecule has 0 aliphatic carbocycles. The Bertz CT molecular complexity index is 251. The Hall–Kier alpha value is 0.240. The third-order valence-electron chi connectivity index (χ3n) is 1.55. The Kier molecular flexibility index (Phi) is 6.85. The molecule has 0 bridgehead atoms. The third kappa shape index (κ3) is 9.19. The smallest absolute Gasteiger partial charge is 0.380 e. The number of esters is 1. The van der Waals surface area contributed by atoms with Crippen LogP contribution in [0.5, 0.6) is 0 Å². The van der Waals surface area contributed by atoms with Crippen LogP contribution in [-0.2, 0) is 18.6 Å². The van der Waals surface area contributed by atoms with E-state index in [-0.39, 0.29) is 24.6 Å². The normalized spacial score (nSPS) is 14.0. The first kappa shape index (κ1) is 15.2. The third-order valence-corrected chi connectivity index (χ3v) is 2.62. The number of ether oxygens (including phenoxy) is 1. The van der Waals surface area contributed by atoms with Crippen molar-refractivity contribution in [2.45, 2.75) is 33.3 Å². The zero-order valence-electron chi connectivity index (χ0n) is 8.91. The van der Waals surface area contributed by atoms with Gasteiger partial charge >= 0.3 is 12.0 Å². The SMILES string of the molecule is CC(C)OC(=O)[C@@H](C)CCOP(=O)(Cl)Cl. The van der Waals surface area contributed by atoms with E-state index < -0.39 is 6.07 Å². The zero-order valence-corrected chi connectivity index (χ0v) is 11.3. The van der Waals surface area contributed by atoms with Crippen LogP contribution in [0.4, 0.5) is 0 Å². The first-order valence-corrected chi connectivity index (χ1v) is 8.00. The molecule has 0 aromatic heterocycles. The molecule has 0 saturated heterocycles. The molecule has 0 spiro atoms. The molecule has 0 N–H and O–H groups in total. The van der Waals surface area contributed by atoms with E-state index in [9.17, 15) is 9.36 Å². The minimum absolute atomic E-state index is 0.0681. The van der Waals surface area contributed by atoms with Crippen LogP contribution in [0, 0.1) is 5.92 Å². The molecule has 90 valence electrons. The Morgan fingerprint density at radius 3 is 2.27 bits per heavy atom. The van der Waals surface area contributed by atoms with E-state index in [1.54, 1.807) is 20.8 Å². The predicted molar refractivity (Wildman–Crippen MR) is 60.3 cm³/mol. The van der Waals surface area contributed by atoms with Crippen molar-refractivity contribution in [3.05, 3.63) is 0 Å². The summed E-state index contributed by atoms with van der Waals surface area (Å²) in [4.78, 5) is 11.3. The van der Waals surface area contributed by atoms with E-state index in [1.165, 1.54) is 0 Å². The van der Waals surface area contributed by atoms with Crippen LogP contribution in [0.2, 0.25) is 0 Å². The summed E-state index contributed by atoms with van der Waals surface area (Å²) in [5.74, 6) is -0.639. The van der Waals surface area contributed by atoms with Crippen molar-refractivity contribution < 1.29 is 18.6 Å². The predicted octanol–water partition coefficient (Wildman–Crippen LogP) is 3.57. The lowest BCUT2D eigenvalue weighted by Gasteiger charge is -2.13. The van der Waals surface area contributed by atoms with Gasteiger partial charge in [-0.15, -0.1) is 0 Å². The number of rotatable bonds is 6. The summed E-state index contributed by atoms with van der Waals surface area (Å²) in [7, 11) is 0. The van der Waals surface area contributed by atoms with Gasteiger partial charge in [0.15, 0.2) is 0 Å². The Balaban J connectivity index is 3.79. The highest BCUT2D eigenvalue weighted by Crippen LogP contribution is 2.57. The summed E-state index contributed by atoms with van der Waals surface area (Å²) >= 11 is 10.3. The average molecular weight is 277 g/mol. The van der Waals surface area contributed by atoms with Crippen LogP contribution in [0.1, 0.15) is 27.2 Å². The van der Waals surface area contributed by atoms with Gasteiger partial charge in [0.1, 0.15) is 0 Å². The van der Waals surface area contributed by atoms with Gasteiger partial charge in [-0.1, -0.05) is 6.92 Å². The van der Waals surface area contributed by atoms with Crippen LogP contribution >= 0.6 is 28.6 Å². The summed E-state index contributed by atoms with van der Waals surface area (Å²) in [6.45, 7) is 5.31. The lowest BCUT2D eigenvalue weighted by molar-refractivity contribution is -0.152. The number of halogens is 2. The topological polar surface area (TPSA) is 52.6 Å². The molecule has 0 aliphatic heterocycles. The molecule has 4 nitrogen and oxygen atoms in total. The fraction of sp³-hybridized carbons (Fsp3) is 0.875.